The first kappa shape index (κ1) is 10.9. The molecule has 0 spiro atoms. The van der Waals surface area contributed by atoms with Crippen molar-refractivity contribution in [3.63, 3.8) is 0 Å². The first-order valence-corrected chi connectivity index (χ1v) is 6.29. The predicted molar refractivity (Wildman–Crippen MR) is 62.5 cm³/mol. The average molecular weight is 206 g/mol. The molecule has 2 saturated carbocycles. The lowest BCUT2D eigenvalue weighted by Crippen LogP contribution is -2.26. The molecule has 0 amide bonds. The summed E-state index contributed by atoms with van der Waals surface area (Å²) < 4.78 is 0. The lowest BCUT2D eigenvalue weighted by molar-refractivity contribution is -0.123. The molecule has 4 atom stereocenters. The van der Waals surface area contributed by atoms with Crippen molar-refractivity contribution in [3.8, 4) is 0 Å². The molecular weight excluding hydrogens is 184 g/mol. The Kier molecular flexibility index (Phi) is 2.99. The molecule has 2 rings (SSSR count). The monoisotopic (exact) mass is 206 g/mol. The first-order valence-electron chi connectivity index (χ1n) is 6.29. The maximum Gasteiger partial charge on any atom is 0.136 e. The van der Waals surface area contributed by atoms with Crippen molar-refractivity contribution in [2.24, 2.45) is 23.7 Å². The number of allylic oxidation sites excluding steroid dienone is 1. The van der Waals surface area contributed by atoms with Gasteiger partial charge in [0.15, 0.2) is 0 Å². The Labute approximate surface area is 92.9 Å². The SMILES string of the molecule is C=C(C)[C@@H]1CCCC(=O)[C@H]2CC[C@@H](C)[C@H]21. The van der Waals surface area contributed by atoms with Gasteiger partial charge >= 0.3 is 0 Å². The largest absolute Gasteiger partial charge is 0.299 e. The first-order chi connectivity index (χ1) is 7.11. The number of carbonyl (C=O) groups excluding carboxylic acids is 1. The number of Topliss-reactive ketones (excluding diaryl/α,β-unsaturated/α-hetero) is 1. The van der Waals surface area contributed by atoms with E-state index in [9.17, 15) is 4.79 Å². The highest BCUT2D eigenvalue weighted by Crippen LogP contribution is 2.47. The quantitative estimate of drug-likeness (QED) is 0.599. The third-order valence-electron chi connectivity index (χ3n) is 4.50. The third kappa shape index (κ3) is 1.89. The van der Waals surface area contributed by atoms with Crippen molar-refractivity contribution < 1.29 is 4.79 Å². The fourth-order valence-corrected chi connectivity index (χ4v) is 3.73. The summed E-state index contributed by atoms with van der Waals surface area (Å²) in [5.74, 6) is 2.84. The van der Waals surface area contributed by atoms with E-state index >= 15 is 0 Å². The number of rotatable bonds is 1. The summed E-state index contributed by atoms with van der Waals surface area (Å²) in [4.78, 5) is 12.0. The van der Waals surface area contributed by atoms with Gasteiger partial charge in [0.1, 0.15) is 5.78 Å². The fraction of sp³-hybridized carbons (Fsp3) is 0.786. The molecule has 0 unspecified atom stereocenters. The second kappa shape index (κ2) is 4.11. The van der Waals surface area contributed by atoms with Crippen LogP contribution in [-0.2, 0) is 4.79 Å². The van der Waals surface area contributed by atoms with E-state index in [0.717, 1.165) is 25.2 Å². The highest BCUT2D eigenvalue weighted by atomic mass is 16.1. The number of ketones is 1. The number of carbonyl (C=O) groups is 1. The Bertz CT molecular complexity index is 279. The molecule has 0 N–H and O–H groups in total. The van der Waals surface area contributed by atoms with Crippen LogP contribution < -0.4 is 0 Å². The van der Waals surface area contributed by atoms with E-state index < -0.39 is 0 Å². The van der Waals surface area contributed by atoms with Gasteiger partial charge in [0.2, 0.25) is 0 Å². The van der Waals surface area contributed by atoms with Crippen LogP contribution in [0.25, 0.3) is 0 Å². The van der Waals surface area contributed by atoms with E-state index in [1.165, 1.54) is 18.4 Å². The van der Waals surface area contributed by atoms with Crippen molar-refractivity contribution in [3.05, 3.63) is 12.2 Å². The topological polar surface area (TPSA) is 17.1 Å². The lowest BCUT2D eigenvalue weighted by atomic mass is 9.75. The van der Waals surface area contributed by atoms with Crippen LogP contribution in [0.15, 0.2) is 12.2 Å². The summed E-state index contributed by atoms with van der Waals surface area (Å²) in [7, 11) is 0. The number of fused-ring (bicyclic) bond motifs is 1. The summed E-state index contributed by atoms with van der Waals surface area (Å²) in [5.41, 5.74) is 1.30. The zero-order chi connectivity index (χ0) is 11.0. The highest BCUT2D eigenvalue weighted by Gasteiger charge is 2.43. The van der Waals surface area contributed by atoms with Crippen molar-refractivity contribution in [1.82, 2.24) is 0 Å². The van der Waals surface area contributed by atoms with Crippen LogP contribution in [0.5, 0.6) is 0 Å². The summed E-state index contributed by atoms with van der Waals surface area (Å²) in [6, 6.07) is 0. The van der Waals surface area contributed by atoms with Crippen LogP contribution in [0.3, 0.4) is 0 Å². The summed E-state index contributed by atoms with van der Waals surface area (Å²) in [6.45, 7) is 8.59. The van der Waals surface area contributed by atoms with Gasteiger partial charge in [-0.05, 0) is 50.4 Å². The zero-order valence-electron chi connectivity index (χ0n) is 9.96. The molecule has 0 aromatic heterocycles. The number of hydrogen-bond acceptors (Lipinski definition) is 1. The smallest absolute Gasteiger partial charge is 0.136 e. The van der Waals surface area contributed by atoms with Crippen molar-refractivity contribution >= 4 is 5.78 Å². The van der Waals surface area contributed by atoms with Gasteiger partial charge in [-0.1, -0.05) is 19.1 Å². The van der Waals surface area contributed by atoms with E-state index in [2.05, 4.69) is 20.4 Å². The number of hydrogen-bond donors (Lipinski definition) is 0. The van der Waals surface area contributed by atoms with E-state index in [1.807, 2.05) is 0 Å². The van der Waals surface area contributed by atoms with Gasteiger partial charge in [-0.15, -0.1) is 0 Å². The predicted octanol–water partition coefficient (Wildman–Crippen LogP) is 3.59. The van der Waals surface area contributed by atoms with Crippen molar-refractivity contribution in [2.45, 2.75) is 46.0 Å². The van der Waals surface area contributed by atoms with E-state index in [1.54, 1.807) is 0 Å². The van der Waals surface area contributed by atoms with E-state index in [-0.39, 0.29) is 0 Å². The van der Waals surface area contributed by atoms with Gasteiger partial charge in [-0.25, -0.2) is 0 Å². The second-order valence-electron chi connectivity index (χ2n) is 5.55. The normalized spacial score (nSPS) is 41.1. The lowest BCUT2D eigenvalue weighted by Gasteiger charge is -2.29. The minimum Gasteiger partial charge on any atom is -0.299 e. The van der Waals surface area contributed by atoms with Crippen LogP contribution in [0, 0.1) is 23.7 Å². The summed E-state index contributed by atoms with van der Waals surface area (Å²) in [5, 5.41) is 0. The molecule has 0 heterocycles. The van der Waals surface area contributed by atoms with Crippen LogP contribution in [0.1, 0.15) is 46.0 Å². The Balaban J connectivity index is 2.26. The van der Waals surface area contributed by atoms with Gasteiger partial charge in [0.05, 0.1) is 0 Å². The third-order valence-corrected chi connectivity index (χ3v) is 4.50. The summed E-state index contributed by atoms with van der Waals surface area (Å²) in [6.07, 6.45) is 5.46. The maximum absolute atomic E-state index is 12.0. The molecule has 84 valence electrons. The summed E-state index contributed by atoms with van der Waals surface area (Å²) >= 11 is 0. The molecule has 1 heteroatoms. The highest BCUT2D eigenvalue weighted by molar-refractivity contribution is 5.82. The second-order valence-corrected chi connectivity index (χ2v) is 5.55. The molecule has 0 radical (unpaired) electrons. The zero-order valence-corrected chi connectivity index (χ0v) is 9.96. The van der Waals surface area contributed by atoms with Crippen molar-refractivity contribution in [2.75, 3.05) is 0 Å². The minimum absolute atomic E-state index is 0.365. The molecule has 0 saturated heterocycles. The van der Waals surface area contributed by atoms with E-state index in [4.69, 9.17) is 0 Å². The van der Waals surface area contributed by atoms with Crippen LogP contribution >= 0.6 is 0 Å². The molecule has 15 heavy (non-hydrogen) atoms. The van der Waals surface area contributed by atoms with Gasteiger partial charge in [-0.2, -0.15) is 0 Å². The fourth-order valence-electron chi connectivity index (χ4n) is 3.73. The van der Waals surface area contributed by atoms with E-state index in [0.29, 0.717) is 23.5 Å². The Morgan fingerprint density at radius 3 is 2.73 bits per heavy atom. The molecular formula is C14H22O. The van der Waals surface area contributed by atoms with Gasteiger partial charge in [0.25, 0.3) is 0 Å². The Hall–Kier alpha value is -0.590. The molecule has 0 bridgehead atoms. The molecule has 2 aliphatic rings. The molecule has 0 aliphatic heterocycles. The van der Waals surface area contributed by atoms with Gasteiger partial charge in [-0.3, -0.25) is 4.79 Å². The Morgan fingerprint density at radius 2 is 2.07 bits per heavy atom. The molecule has 2 aliphatic carbocycles. The van der Waals surface area contributed by atoms with Gasteiger partial charge < -0.3 is 0 Å². The van der Waals surface area contributed by atoms with Crippen LogP contribution in [-0.4, -0.2) is 5.78 Å². The maximum atomic E-state index is 12.0. The van der Waals surface area contributed by atoms with Crippen LogP contribution in [0.2, 0.25) is 0 Å². The molecule has 1 nitrogen and oxygen atoms in total. The van der Waals surface area contributed by atoms with Gasteiger partial charge in [0, 0.05) is 12.3 Å². The molecule has 2 fully saturated rings. The van der Waals surface area contributed by atoms with Crippen molar-refractivity contribution in [1.29, 1.82) is 0 Å². The average Bonchev–Trinajstić information content (AvgIpc) is 2.45. The molecule has 0 aromatic carbocycles. The van der Waals surface area contributed by atoms with Crippen LogP contribution in [0.4, 0.5) is 0 Å². The Morgan fingerprint density at radius 1 is 1.33 bits per heavy atom. The molecule has 0 aromatic rings. The minimum atomic E-state index is 0.365. The standard InChI is InChI=1S/C14H22O/c1-9(2)11-5-4-6-13(15)12-8-7-10(3)14(11)12/h10-12,14H,1,4-8H2,2-3H3/t10-,11+,12-,14+/m1/s1.